The summed E-state index contributed by atoms with van der Waals surface area (Å²) in [6.45, 7) is 0. The Bertz CT molecular complexity index is 852. The molecule has 0 aliphatic carbocycles. The molecule has 0 unspecified atom stereocenters. The van der Waals surface area contributed by atoms with Crippen molar-refractivity contribution in [2.75, 3.05) is 5.43 Å². The summed E-state index contributed by atoms with van der Waals surface area (Å²) in [5.74, 6) is 0.257. The Kier molecular flexibility index (Phi) is 4.40. The lowest BCUT2D eigenvalue weighted by molar-refractivity contribution is 0.433. The van der Waals surface area contributed by atoms with Crippen LogP contribution in [0, 0.1) is 0 Å². The smallest absolute Gasteiger partial charge is 0.342 e. The van der Waals surface area contributed by atoms with E-state index in [-0.39, 0.29) is 16.8 Å². The molecule has 2 N–H and O–H groups in total. The van der Waals surface area contributed by atoms with E-state index in [4.69, 9.17) is 27.7 Å². The van der Waals surface area contributed by atoms with Crippen molar-refractivity contribution in [2.45, 2.75) is 0 Å². The zero-order valence-corrected chi connectivity index (χ0v) is 13.0. The number of pyridine rings is 1. The number of phenols is 1. The Hall–Kier alpha value is -2.64. The number of anilines is 1. The zero-order valence-electron chi connectivity index (χ0n) is 11.4. The summed E-state index contributed by atoms with van der Waals surface area (Å²) in [6, 6.07) is 6.61. The Morgan fingerprint density at radius 2 is 2.17 bits per heavy atom. The van der Waals surface area contributed by atoms with E-state index in [0.29, 0.717) is 22.0 Å². The highest BCUT2D eigenvalue weighted by Gasteiger charge is 2.08. The molecule has 0 spiro atoms. The third kappa shape index (κ3) is 3.58. The molecule has 2 heterocycles. The molecule has 116 valence electrons. The van der Waals surface area contributed by atoms with Gasteiger partial charge in [-0.05, 0) is 24.3 Å². The minimum atomic E-state index is -0.122. The van der Waals surface area contributed by atoms with Crippen molar-refractivity contribution in [3.8, 4) is 17.1 Å². The maximum atomic E-state index is 9.80. The predicted molar refractivity (Wildman–Crippen MR) is 86.9 cm³/mol. The van der Waals surface area contributed by atoms with Crippen molar-refractivity contribution in [1.29, 1.82) is 0 Å². The number of nitrogens with one attached hydrogen (secondary N) is 1. The average Bonchev–Trinajstić information content (AvgIpc) is 3.02. The van der Waals surface area contributed by atoms with Crippen LogP contribution in [0.4, 0.5) is 6.01 Å². The van der Waals surface area contributed by atoms with Gasteiger partial charge in [-0.3, -0.25) is 4.98 Å². The number of aromatic nitrogens is 3. The van der Waals surface area contributed by atoms with Crippen molar-refractivity contribution in [3.63, 3.8) is 0 Å². The van der Waals surface area contributed by atoms with Gasteiger partial charge < -0.3 is 9.63 Å². The lowest BCUT2D eigenvalue weighted by Crippen LogP contribution is -1.92. The maximum Gasteiger partial charge on any atom is 0.342 e. The lowest BCUT2D eigenvalue weighted by Gasteiger charge is -2.01. The van der Waals surface area contributed by atoms with E-state index in [2.05, 4.69) is 25.7 Å². The predicted octanol–water partition coefficient (Wildman–Crippen LogP) is 3.59. The van der Waals surface area contributed by atoms with Crippen molar-refractivity contribution in [2.24, 2.45) is 5.10 Å². The van der Waals surface area contributed by atoms with Gasteiger partial charge in [0.2, 0.25) is 5.82 Å². The van der Waals surface area contributed by atoms with Crippen LogP contribution in [0.3, 0.4) is 0 Å². The summed E-state index contributed by atoms with van der Waals surface area (Å²) in [4.78, 5) is 8.09. The quantitative estimate of drug-likeness (QED) is 0.551. The molecular formula is C14H9Cl2N5O2. The van der Waals surface area contributed by atoms with Crippen LogP contribution in [0.5, 0.6) is 5.75 Å². The van der Waals surface area contributed by atoms with E-state index >= 15 is 0 Å². The fraction of sp³-hybridized carbons (Fsp3) is 0. The fourth-order valence-electron chi connectivity index (χ4n) is 1.72. The third-order valence-electron chi connectivity index (χ3n) is 2.77. The second-order valence-corrected chi connectivity index (χ2v) is 5.20. The molecule has 0 atom stereocenters. The van der Waals surface area contributed by atoms with Gasteiger partial charge in [0.1, 0.15) is 5.75 Å². The zero-order chi connectivity index (χ0) is 16.2. The minimum Gasteiger partial charge on any atom is -0.506 e. The second kappa shape index (κ2) is 6.64. The van der Waals surface area contributed by atoms with Gasteiger partial charge in [0.25, 0.3) is 0 Å². The van der Waals surface area contributed by atoms with E-state index < -0.39 is 0 Å². The third-order valence-corrected chi connectivity index (χ3v) is 3.27. The summed E-state index contributed by atoms with van der Waals surface area (Å²) >= 11 is 11.7. The molecule has 9 heteroatoms. The molecule has 0 radical (unpaired) electrons. The topological polar surface area (TPSA) is 96.4 Å². The standard InChI is InChI=1S/C14H9Cl2N5O2/c15-10-4-9(12(22)11(16)5-10)7-18-20-14-19-13(21-23-14)8-2-1-3-17-6-8/h1-7,22H,(H,19,20,21)/b18-7+. The molecular weight excluding hydrogens is 341 g/mol. The van der Waals surface area contributed by atoms with E-state index in [9.17, 15) is 5.11 Å². The van der Waals surface area contributed by atoms with Crippen LogP contribution in [0.15, 0.2) is 46.3 Å². The highest BCUT2D eigenvalue weighted by atomic mass is 35.5. The highest BCUT2D eigenvalue weighted by molar-refractivity contribution is 6.36. The Labute approximate surface area is 140 Å². The Balaban J connectivity index is 1.73. The summed E-state index contributed by atoms with van der Waals surface area (Å²) < 4.78 is 5.01. The Morgan fingerprint density at radius 1 is 1.30 bits per heavy atom. The Morgan fingerprint density at radius 3 is 2.96 bits per heavy atom. The molecule has 7 nitrogen and oxygen atoms in total. The molecule has 0 saturated heterocycles. The molecule has 0 amide bonds. The first-order chi connectivity index (χ1) is 11.1. The maximum absolute atomic E-state index is 9.80. The number of benzene rings is 1. The molecule has 23 heavy (non-hydrogen) atoms. The van der Waals surface area contributed by atoms with Crippen LogP contribution in [0.2, 0.25) is 10.0 Å². The number of rotatable bonds is 4. The van der Waals surface area contributed by atoms with Crippen molar-refractivity contribution in [3.05, 3.63) is 52.3 Å². The lowest BCUT2D eigenvalue weighted by atomic mass is 10.2. The first kappa shape index (κ1) is 15.3. The first-order valence-corrected chi connectivity index (χ1v) is 7.10. The van der Waals surface area contributed by atoms with E-state index in [1.165, 1.54) is 18.3 Å². The van der Waals surface area contributed by atoms with Crippen LogP contribution < -0.4 is 5.43 Å². The van der Waals surface area contributed by atoms with E-state index in [1.807, 2.05) is 0 Å². The molecule has 0 aliphatic rings. The number of aromatic hydroxyl groups is 1. The molecule has 0 bridgehead atoms. The molecule has 0 aliphatic heterocycles. The molecule has 3 aromatic rings. The van der Waals surface area contributed by atoms with Gasteiger partial charge in [-0.15, -0.1) is 0 Å². The average molecular weight is 350 g/mol. The molecule has 3 rings (SSSR count). The minimum absolute atomic E-state index is 0.0905. The van der Waals surface area contributed by atoms with Gasteiger partial charge in [-0.2, -0.15) is 10.1 Å². The number of nitrogens with zero attached hydrogens (tertiary/aromatic N) is 4. The van der Waals surface area contributed by atoms with Crippen molar-refractivity contribution in [1.82, 2.24) is 15.1 Å². The van der Waals surface area contributed by atoms with Crippen LogP contribution >= 0.6 is 23.2 Å². The molecule has 0 saturated carbocycles. The normalized spacial score (nSPS) is 11.0. The number of hydrazone groups is 1. The molecule has 2 aromatic heterocycles. The van der Waals surface area contributed by atoms with Crippen LogP contribution in [-0.4, -0.2) is 26.4 Å². The number of hydrogen-bond donors (Lipinski definition) is 2. The molecule has 0 fully saturated rings. The van der Waals surface area contributed by atoms with E-state index in [0.717, 1.165) is 0 Å². The van der Waals surface area contributed by atoms with Gasteiger partial charge in [-0.25, -0.2) is 5.43 Å². The van der Waals surface area contributed by atoms with Crippen molar-refractivity contribution < 1.29 is 9.63 Å². The van der Waals surface area contributed by atoms with Gasteiger partial charge >= 0.3 is 6.01 Å². The van der Waals surface area contributed by atoms with Gasteiger partial charge in [0.15, 0.2) is 0 Å². The van der Waals surface area contributed by atoms with E-state index in [1.54, 1.807) is 24.5 Å². The highest BCUT2D eigenvalue weighted by Crippen LogP contribution is 2.30. The SMILES string of the molecule is Oc1c(Cl)cc(Cl)cc1/C=N/Nc1nc(-c2cccnc2)no1. The monoisotopic (exact) mass is 349 g/mol. The number of hydrogen-bond acceptors (Lipinski definition) is 7. The van der Waals surface area contributed by atoms with Gasteiger partial charge in [-0.1, -0.05) is 28.4 Å². The van der Waals surface area contributed by atoms with Crippen molar-refractivity contribution >= 4 is 35.4 Å². The van der Waals surface area contributed by atoms with Crippen LogP contribution in [-0.2, 0) is 0 Å². The van der Waals surface area contributed by atoms with Crippen LogP contribution in [0.25, 0.3) is 11.4 Å². The number of phenolic OH excluding ortho intramolecular Hbond substituents is 1. The molecule has 1 aromatic carbocycles. The van der Waals surface area contributed by atoms with Crippen LogP contribution in [0.1, 0.15) is 5.56 Å². The summed E-state index contributed by atoms with van der Waals surface area (Å²) in [6.07, 6.45) is 4.60. The number of halogens is 2. The van der Waals surface area contributed by atoms with Gasteiger partial charge in [0.05, 0.1) is 11.2 Å². The summed E-state index contributed by atoms with van der Waals surface area (Å²) in [7, 11) is 0. The second-order valence-electron chi connectivity index (χ2n) is 4.36. The summed E-state index contributed by atoms with van der Waals surface area (Å²) in [5, 5.41) is 18.0. The van der Waals surface area contributed by atoms with Gasteiger partial charge in [0, 0.05) is 28.5 Å². The largest absolute Gasteiger partial charge is 0.506 e. The first-order valence-electron chi connectivity index (χ1n) is 6.34. The summed E-state index contributed by atoms with van der Waals surface area (Å²) in [5.41, 5.74) is 3.63. The fourth-order valence-corrected chi connectivity index (χ4v) is 2.23.